The lowest BCUT2D eigenvalue weighted by atomic mass is 10.1. The number of nitrogens with zero attached hydrogens (tertiary/aromatic N) is 1. The van der Waals surface area contributed by atoms with Crippen LogP contribution in [-0.4, -0.2) is 22.0 Å². The highest BCUT2D eigenvalue weighted by Gasteiger charge is 2.12. The van der Waals surface area contributed by atoms with E-state index in [4.69, 9.17) is 4.74 Å². The lowest BCUT2D eigenvalue weighted by Gasteiger charge is -2.09. The molecule has 5 aromatic rings. The predicted molar refractivity (Wildman–Crippen MR) is 150 cm³/mol. The maximum absolute atomic E-state index is 12.4. The zero-order chi connectivity index (χ0) is 26.3. The van der Waals surface area contributed by atoms with Gasteiger partial charge in [0.25, 0.3) is 0 Å². The molecule has 0 bridgehead atoms. The van der Waals surface area contributed by atoms with Crippen LogP contribution >= 0.6 is 11.8 Å². The summed E-state index contributed by atoms with van der Waals surface area (Å²) in [6.45, 7) is 0. The molecule has 0 saturated heterocycles. The van der Waals surface area contributed by atoms with Gasteiger partial charge in [0, 0.05) is 22.9 Å². The van der Waals surface area contributed by atoms with E-state index in [0.29, 0.717) is 17.2 Å². The molecule has 0 aliphatic heterocycles. The second-order valence-electron chi connectivity index (χ2n) is 8.63. The summed E-state index contributed by atoms with van der Waals surface area (Å²) in [6.07, 6.45) is 1.64. The minimum absolute atomic E-state index is 0.0419. The molecule has 4 aromatic carbocycles. The van der Waals surface area contributed by atoms with Gasteiger partial charge in [-0.15, -0.1) is 11.8 Å². The van der Waals surface area contributed by atoms with Crippen LogP contribution in [0.5, 0.6) is 11.6 Å². The fourth-order valence-corrected chi connectivity index (χ4v) is 4.85. The Kier molecular flexibility index (Phi) is 7.66. The Morgan fingerprint density at radius 2 is 1.58 bits per heavy atom. The van der Waals surface area contributed by atoms with Crippen molar-refractivity contribution in [3.05, 3.63) is 126 Å². The summed E-state index contributed by atoms with van der Waals surface area (Å²) in [5.41, 5.74) is 2.28. The quantitative estimate of drug-likeness (QED) is 0.200. The Morgan fingerprint density at radius 1 is 0.816 bits per heavy atom. The van der Waals surface area contributed by atoms with E-state index >= 15 is 0 Å². The molecule has 0 fully saturated rings. The van der Waals surface area contributed by atoms with Crippen molar-refractivity contribution < 1.29 is 19.4 Å². The number of pyridine rings is 1. The number of anilines is 1. The summed E-state index contributed by atoms with van der Waals surface area (Å²) in [5, 5.41) is 14.1. The first-order chi connectivity index (χ1) is 18.5. The number of carbonyl (C=O) groups is 2. The van der Waals surface area contributed by atoms with Crippen LogP contribution in [-0.2, 0) is 17.0 Å². The molecule has 5 rings (SSSR count). The standard InChI is InChI=1S/C31H24N2O4S/c34-29(33-28-9-5-4-8-27(28)31(35)36)16-22-10-15-30(32-19-22)37-25-13-11-24-18-26(14-12-23(24)17-25)38-20-21-6-2-1-3-7-21/h1-15,17-19H,16,20H2,(H,33,34)(H,35,36). The molecule has 0 aliphatic rings. The number of carbonyl (C=O) groups excluding carboxylic acids is 1. The molecule has 0 spiro atoms. The van der Waals surface area contributed by atoms with Crippen LogP contribution in [0.2, 0.25) is 0 Å². The summed E-state index contributed by atoms with van der Waals surface area (Å²) >= 11 is 1.81. The molecule has 1 heterocycles. The lowest BCUT2D eigenvalue weighted by Crippen LogP contribution is -2.16. The third kappa shape index (κ3) is 6.38. The van der Waals surface area contributed by atoms with Crippen molar-refractivity contribution in [2.45, 2.75) is 17.1 Å². The van der Waals surface area contributed by atoms with E-state index in [1.807, 2.05) is 24.3 Å². The molecule has 6 nitrogen and oxygen atoms in total. The average Bonchev–Trinajstić information content (AvgIpc) is 2.93. The number of hydrogen-bond donors (Lipinski definition) is 2. The maximum Gasteiger partial charge on any atom is 0.337 e. The third-order valence-electron chi connectivity index (χ3n) is 5.85. The maximum atomic E-state index is 12.4. The van der Waals surface area contributed by atoms with Crippen LogP contribution in [0.25, 0.3) is 10.8 Å². The first kappa shape index (κ1) is 25.0. The first-order valence-electron chi connectivity index (χ1n) is 12.0. The van der Waals surface area contributed by atoms with Gasteiger partial charge in [-0.2, -0.15) is 0 Å². The minimum atomic E-state index is -1.10. The Bertz CT molecular complexity index is 1590. The van der Waals surface area contributed by atoms with Crippen molar-refractivity contribution in [3.8, 4) is 11.6 Å². The molecule has 7 heteroatoms. The molecule has 0 unspecified atom stereocenters. The lowest BCUT2D eigenvalue weighted by molar-refractivity contribution is -0.115. The molecular formula is C31H24N2O4S. The van der Waals surface area contributed by atoms with Crippen molar-refractivity contribution in [2.24, 2.45) is 0 Å². The molecule has 188 valence electrons. The number of amides is 1. The van der Waals surface area contributed by atoms with Crippen molar-refractivity contribution in [1.29, 1.82) is 0 Å². The van der Waals surface area contributed by atoms with Gasteiger partial charge in [0.15, 0.2) is 0 Å². The van der Waals surface area contributed by atoms with Gasteiger partial charge in [0.1, 0.15) is 5.75 Å². The van der Waals surface area contributed by atoms with E-state index in [1.54, 1.807) is 48.3 Å². The van der Waals surface area contributed by atoms with E-state index < -0.39 is 5.97 Å². The molecule has 0 aliphatic carbocycles. The molecule has 1 aromatic heterocycles. The van der Waals surface area contributed by atoms with Crippen molar-refractivity contribution in [2.75, 3.05) is 5.32 Å². The van der Waals surface area contributed by atoms with Crippen molar-refractivity contribution in [3.63, 3.8) is 0 Å². The number of ether oxygens (including phenoxy) is 1. The van der Waals surface area contributed by atoms with Gasteiger partial charge in [0.05, 0.1) is 17.7 Å². The molecule has 0 atom stereocenters. The predicted octanol–water partition coefficient (Wildman–Crippen LogP) is 7.20. The number of aromatic carboxylic acids is 1. The number of nitrogens with one attached hydrogen (secondary N) is 1. The number of hydrogen-bond acceptors (Lipinski definition) is 5. The third-order valence-corrected chi connectivity index (χ3v) is 6.91. The second-order valence-corrected chi connectivity index (χ2v) is 9.68. The normalized spacial score (nSPS) is 10.7. The Morgan fingerprint density at radius 3 is 2.37 bits per heavy atom. The molecule has 0 saturated carbocycles. The Balaban J connectivity index is 1.19. The zero-order valence-corrected chi connectivity index (χ0v) is 21.2. The summed E-state index contributed by atoms with van der Waals surface area (Å²) < 4.78 is 5.94. The molecule has 1 amide bonds. The number of thioether (sulfide) groups is 1. The van der Waals surface area contributed by atoms with Gasteiger partial charge in [-0.3, -0.25) is 4.79 Å². The largest absolute Gasteiger partial charge is 0.478 e. The van der Waals surface area contributed by atoms with Crippen LogP contribution in [0.4, 0.5) is 5.69 Å². The van der Waals surface area contributed by atoms with E-state index in [-0.39, 0.29) is 23.6 Å². The monoisotopic (exact) mass is 520 g/mol. The summed E-state index contributed by atoms with van der Waals surface area (Å²) in [5.74, 6) is 0.585. The summed E-state index contributed by atoms with van der Waals surface area (Å²) in [4.78, 5) is 29.3. The van der Waals surface area contributed by atoms with Crippen LogP contribution in [0.15, 0.2) is 114 Å². The van der Waals surface area contributed by atoms with Crippen LogP contribution in [0.3, 0.4) is 0 Å². The highest BCUT2D eigenvalue weighted by molar-refractivity contribution is 7.98. The molecule has 0 radical (unpaired) electrons. The van der Waals surface area contributed by atoms with Gasteiger partial charge >= 0.3 is 5.97 Å². The number of benzene rings is 4. The van der Waals surface area contributed by atoms with Gasteiger partial charge in [-0.1, -0.05) is 60.7 Å². The van der Waals surface area contributed by atoms with Crippen LogP contribution < -0.4 is 10.1 Å². The minimum Gasteiger partial charge on any atom is -0.478 e. The van der Waals surface area contributed by atoms with Gasteiger partial charge < -0.3 is 15.2 Å². The number of carboxylic acids is 1. The van der Waals surface area contributed by atoms with Gasteiger partial charge in [-0.05, 0) is 58.3 Å². The van der Waals surface area contributed by atoms with E-state index in [1.165, 1.54) is 16.5 Å². The van der Waals surface area contributed by atoms with Crippen LogP contribution in [0, 0.1) is 0 Å². The van der Waals surface area contributed by atoms with Crippen molar-refractivity contribution >= 4 is 40.1 Å². The fourth-order valence-electron chi connectivity index (χ4n) is 3.95. The van der Waals surface area contributed by atoms with E-state index in [0.717, 1.165) is 16.5 Å². The molecule has 2 N–H and O–H groups in total. The number of aromatic nitrogens is 1. The number of rotatable bonds is 9. The van der Waals surface area contributed by atoms with Gasteiger partial charge in [0.2, 0.25) is 11.8 Å². The fraction of sp³-hybridized carbons (Fsp3) is 0.0645. The second kappa shape index (κ2) is 11.6. The number of para-hydroxylation sites is 1. The molecule has 38 heavy (non-hydrogen) atoms. The highest BCUT2D eigenvalue weighted by atomic mass is 32.2. The summed E-state index contributed by atoms with van der Waals surface area (Å²) in [6, 6.07) is 32.5. The number of carboxylic acid groups (broad SMARTS) is 1. The SMILES string of the molecule is O=C(Cc1ccc(Oc2ccc3cc(SCc4ccccc4)ccc3c2)nc1)Nc1ccccc1C(=O)O. The Labute approximate surface area is 224 Å². The topological polar surface area (TPSA) is 88.5 Å². The average molecular weight is 521 g/mol. The van der Waals surface area contributed by atoms with Gasteiger partial charge in [-0.25, -0.2) is 9.78 Å². The van der Waals surface area contributed by atoms with Crippen LogP contribution in [0.1, 0.15) is 21.5 Å². The number of fused-ring (bicyclic) bond motifs is 1. The Hall–Kier alpha value is -4.62. The molecular weight excluding hydrogens is 496 g/mol. The summed E-state index contributed by atoms with van der Waals surface area (Å²) in [7, 11) is 0. The highest BCUT2D eigenvalue weighted by Crippen LogP contribution is 2.30. The van der Waals surface area contributed by atoms with Crippen molar-refractivity contribution in [1.82, 2.24) is 4.98 Å². The van der Waals surface area contributed by atoms with E-state index in [9.17, 15) is 14.7 Å². The zero-order valence-electron chi connectivity index (χ0n) is 20.3. The first-order valence-corrected chi connectivity index (χ1v) is 13.0. The smallest absolute Gasteiger partial charge is 0.337 e. The van der Waals surface area contributed by atoms with E-state index in [2.05, 4.69) is 52.8 Å².